The number of nitrogens with zero attached hydrogens (tertiary/aromatic N) is 2. The van der Waals surface area contributed by atoms with E-state index in [0.29, 0.717) is 22.8 Å². The normalized spacial score (nSPS) is 15.1. The number of ether oxygens (including phenoxy) is 3. The molecule has 0 unspecified atom stereocenters. The average molecular weight is 391 g/mol. The van der Waals surface area contributed by atoms with E-state index in [0.717, 1.165) is 17.1 Å². The quantitative estimate of drug-likeness (QED) is 0.688. The Labute approximate surface area is 168 Å². The monoisotopic (exact) mass is 391 g/mol. The number of anilines is 2. The second kappa shape index (κ2) is 7.71. The van der Waals surface area contributed by atoms with Crippen molar-refractivity contribution in [2.24, 2.45) is 0 Å². The predicted octanol–water partition coefficient (Wildman–Crippen LogP) is 3.88. The molecule has 0 saturated heterocycles. The number of methoxy groups -OCH3 is 3. The van der Waals surface area contributed by atoms with Crippen LogP contribution in [0.15, 0.2) is 60.8 Å². The zero-order valence-corrected chi connectivity index (χ0v) is 16.4. The molecule has 2 heterocycles. The number of hydrogen-bond donors (Lipinski definition) is 1. The fourth-order valence-corrected chi connectivity index (χ4v) is 3.39. The number of hydrogen-bond acceptors (Lipinski definition) is 6. The van der Waals surface area contributed by atoms with Crippen LogP contribution in [0.3, 0.4) is 0 Å². The first-order chi connectivity index (χ1) is 14.2. The number of pyridine rings is 1. The Balaban J connectivity index is 1.76. The first-order valence-corrected chi connectivity index (χ1v) is 9.07. The molecule has 1 aliphatic heterocycles. The van der Waals surface area contributed by atoms with E-state index in [1.807, 2.05) is 36.4 Å². The first-order valence-electron chi connectivity index (χ1n) is 9.07. The molecular weight excluding hydrogens is 370 g/mol. The van der Waals surface area contributed by atoms with Gasteiger partial charge in [-0.3, -0.25) is 14.7 Å². The van der Waals surface area contributed by atoms with Crippen molar-refractivity contribution in [3.63, 3.8) is 0 Å². The highest BCUT2D eigenvalue weighted by molar-refractivity contribution is 6.11. The summed E-state index contributed by atoms with van der Waals surface area (Å²) in [5.74, 6) is 1.89. The molecule has 1 aromatic heterocycles. The summed E-state index contributed by atoms with van der Waals surface area (Å²) in [5.41, 5.74) is 2.68. The van der Waals surface area contributed by atoms with Crippen molar-refractivity contribution in [3.8, 4) is 17.2 Å². The van der Waals surface area contributed by atoms with E-state index in [1.54, 1.807) is 50.6 Å². The Morgan fingerprint density at radius 2 is 1.66 bits per heavy atom. The van der Waals surface area contributed by atoms with Gasteiger partial charge in [0.15, 0.2) is 6.17 Å². The van der Waals surface area contributed by atoms with Crippen LogP contribution in [-0.4, -0.2) is 32.2 Å². The number of carbonyl (C=O) groups excluding carboxylic acids is 1. The largest absolute Gasteiger partial charge is 0.497 e. The van der Waals surface area contributed by atoms with Crippen molar-refractivity contribution >= 4 is 17.3 Å². The third-order valence-corrected chi connectivity index (χ3v) is 4.86. The molecule has 0 saturated carbocycles. The maximum absolute atomic E-state index is 13.2. The van der Waals surface area contributed by atoms with E-state index >= 15 is 0 Å². The highest BCUT2D eigenvalue weighted by Gasteiger charge is 2.39. The Bertz CT molecular complexity index is 1040. The minimum Gasteiger partial charge on any atom is -0.497 e. The van der Waals surface area contributed by atoms with Crippen molar-refractivity contribution < 1.29 is 19.0 Å². The van der Waals surface area contributed by atoms with Gasteiger partial charge < -0.3 is 19.5 Å². The van der Waals surface area contributed by atoms with Gasteiger partial charge in [0.2, 0.25) is 0 Å². The number of benzene rings is 2. The van der Waals surface area contributed by atoms with Gasteiger partial charge in [-0.15, -0.1) is 0 Å². The molecule has 0 bridgehead atoms. The Morgan fingerprint density at radius 3 is 2.34 bits per heavy atom. The summed E-state index contributed by atoms with van der Waals surface area (Å²) in [6.07, 6.45) is 1.19. The SMILES string of the molecule is COc1ccc(N2C(=O)c3cccnc3[C@@H]2Nc2ccc(OC)cc2OC)cc1. The van der Waals surface area contributed by atoms with Crippen molar-refractivity contribution in [2.75, 3.05) is 31.5 Å². The topological polar surface area (TPSA) is 72.9 Å². The molecule has 4 rings (SSSR count). The molecule has 0 fully saturated rings. The van der Waals surface area contributed by atoms with Gasteiger partial charge in [0.05, 0.1) is 38.3 Å². The van der Waals surface area contributed by atoms with Gasteiger partial charge in [-0.25, -0.2) is 0 Å². The fraction of sp³-hybridized carbons (Fsp3) is 0.182. The maximum Gasteiger partial charge on any atom is 0.262 e. The lowest BCUT2D eigenvalue weighted by Gasteiger charge is -2.27. The standard InChI is InChI=1S/C22H21N3O4/c1-27-15-8-6-14(7-9-15)25-21(20-17(22(25)26)5-4-12-23-20)24-18-11-10-16(28-2)13-19(18)29-3/h4-13,21,24H,1-3H3/t21-/m1/s1. The Kier molecular flexibility index (Phi) is 4.95. The molecule has 2 aromatic carbocycles. The van der Waals surface area contributed by atoms with Crippen molar-refractivity contribution in [3.05, 3.63) is 72.1 Å². The zero-order chi connectivity index (χ0) is 20.4. The number of aromatic nitrogens is 1. The molecule has 1 atom stereocenters. The number of rotatable bonds is 6. The van der Waals surface area contributed by atoms with Crippen LogP contribution in [0.25, 0.3) is 0 Å². The number of amides is 1. The Morgan fingerprint density at radius 1 is 0.931 bits per heavy atom. The van der Waals surface area contributed by atoms with E-state index in [9.17, 15) is 4.79 Å². The molecule has 7 nitrogen and oxygen atoms in total. The highest BCUT2D eigenvalue weighted by atomic mass is 16.5. The van der Waals surface area contributed by atoms with Crippen LogP contribution < -0.4 is 24.4 Å². The van der Waals surface area contributed by atoms with Crippen LogP contribution in [0.4, 0.5) is 11.4 Å². The minimum absolute atomic E-state index is 0.122. The second-order valence-electron chi connectivity index (χ2n) is 6.42. The number of fused-ring (bicyclic) bond motifs is 1. The summed E-state index contributed by atoms with van der Waals surface area (Å²) >= 11 is 0. The van der Waals surface area contributed by atoms with Crippen LogP contribution in [0.1, 0.15) is 22.2 Å². The van der Waals surface area contributed by atoms with Crippen LogP contribution >= 0.6 is 0 Å². The lowest BCUT2D eigenvalue weighted by Crippen LogP contribution is -2.32. The number of carbonyl (C=O) groups is 1. The van der Waals surface area contributed by atoms with E-state index in [2.05, 4.69) is 10.3 Å². The van der Waals surface area contributed by atoms with E-state index in [1.165, 1.54) is 0 Å². The smallest absolute Gasteiger partial charge is 0.262 e. The third-order valence-electron chi connectivity index (χ3n) is 4.86. The molecule has 1 N–H and O–H groups in total. The minimum atomic E-state index is -0.491. The zero-order valence-electron chi connectivity index (χ0n) is 16.4. The molecule has 7 heteroatoms. The van der Waals surface area contributed by atoms with E-state index in [4.69, 9.17) is 14.2 Å². The van der Waals surface area contributed by atoms with Gasteiger partial charge in [0, 0.05) is 18.0 Å². The molecule has 29 heavy (non-hydrogen) atoms. The number of nitrogens with one attached hydrogen (secondary N) is 1. The van der Waals surface area contributed by atoms with Gasteiger partial charge in [0.25, 0.3) is 5.91 Å². The average Bonchev–Trinajstić information content (AvgIpc) is 3.06. The van der Waals surface area contributed by atoms with Crippen LogP contribution in [0.5, 0.6) is 17.2 Å². The molecule has 0 aliphatic carbocycles. The summed E-state index contributed by atoms with van der Waals surface area (Å²) in [6, 6.07) is 16.4. The summed E-state index contributed by atoms with van der Waals surface area (Å²) in [5, 5.41) is 3.41. The van der Waals surface area contributed by atoms with Gasteiger partial charge in [0.1, 0.15) is 17.2 Å². The van der Waals surface area contributed by atoms with E-state index in [-0.39, 0.29) is 5.91 Å². The first kappa shape index (κ1) is 18.6. The van der Waals surface area contributed by atoms with Crippen LogP contribution in [0, 0.1) is 0 Å². The predicted molar refractivity (Wildman–Crippen MR) is 110 cm³/mol. The van der Waals surface area contributed by atoms with Gasteiger partial charge in [-0.1, -0.05) is 0 Å². The summed E-state index contributed by atoms with van der Waals surface area (Å²) in [7, 11) is 4.80. The molecule has 148 valence electrons. The van der Waals surface area contributed by atoms with Gasteiger partial charge in [-0.05, 0) is 48.5 Å². The molecule has 3 aromatic rings. The Hall–Kier alpha value is -3.74. The lowest BCUT2D eigenvalue weighted by atomic mass is 10.2. The van der Waals surface area contributed by atoms with Crippen LogP contribution in [-0.2, 0) is 0 Å². The van der Waals surface area contributed by atoms with Gasteiger partial charge in [-0.2, -0.15) is 0 Å². The summed E-state index contributed by atoms with van der Waals surface area (Å²) in [4.78, 5) is 19.3. The van der Waals surface area contributed by atoms with E-state index < -0.39 is 6.17 Å². The molecule has 1 amide bonds. The maximum atomic E-state index is 13.2. The lowest BCUT2D eigenvalue weighted by molar-refractivity contribution is 0.0993. The molecular formula is C22H21N3O4. The summed E-state index contributed by atoms with van der Waals surface area (Å²) in [6.45, 7) is 0. The van der Waals surface area contributed by atoms with Crippen LogP contribution in [0.2, 0.25) is 0 Å². The third kappa shape index (κ3) is 3.31. The van der Waals surface area contributed by atoms with Crippen molar-refractivity contribution in [1.82, 2.24) is 4.98 Å². The molecule has 0 spiro atoms. The fourth-order valence-electron chi connectivity index (χ4n) is 3.39. The van der Waals surface area contributed by atoms with Crippen molar-refractivity contribution in [2.45, 2.75) is 6.17 Å². The highest BCUT2D eigenvalue weighted by Crippen LogP contribution is 2.39. The molecule has 0 radical (unpaired) electrons. The second-order valence-corrected chi connectivity index (χ2v) is 6.42. The summed E-state index contributed by atoms with van der Waals surface area (Å²) < 4.78 is 16.0. The van der Waals surface area contributed by atoms with Gasteiger partial charge >= 0.3 is 0 Å². The van der Waals surface area contributed by atoms with Crippen molar-refractivity contribution in [1.29, 1.82) is 0 Å². The molecule has 1 aliphatic rings.